The molecular weight excluding hydrogens is 418 g/mol. The third kappa shape index (κ3) is 6.69. The van der Waals surface area contributed by atoms with Crippen molar-refractivity contribution >= 4 is 23.3 Å². The standard InChI is InChI=1S/C25H33N5O3/c31-24(26-12-15-29-16-18-33-19-17-29)22-8-4-5-9-23(22)30-13-10-21(11-14-30)28-25(32)27-20-6-2-1-3-7-20/h1-9,21H,10-19H2,(H,26,31)(H2,27,28,32). The minimum Gasteiger partial charge on any atom is -0.379 e. The highest BCUT2D eigenvalue weighted by molar-refractivity contribution is 5.99. The maximum atomic E-state index is 12.9. The van der Waals surface area contributed by atoms with E-state index in [4.69, 9.17) is 4.74 Å². The maximum Gasteiger partial charge on any atom is 0.319 e. The summed E-state index contributed by atoms with van der Waals surface area (Å²) in [6, 6.07) is 17.1. The molecule has 33 heavy (non-hydrogen) atoms. The van der Waals surface area contributed by atoms with Gasteiger partial charge in [0.2, 0.25) is 0 Å². The number of carbonyl (C=O) groups excluding carboxylic acids is 2. The van der Waals surface area contributed by atoms with Crippen LogP contribution < -0.4 is 20.9 Å². The number of anilines is 2. The Hall–Kier alpha value is -3.10. The molecule has 2 aromatic rings. The van der Waals surface area contributed by atoms with Crippen molar-refractivity contribution in [2.24, 2.45) is 0 Å². The molecule has 176 valence electrons. The van der Waals surface area contributed by atoms with Crippen LogP contribution in [0.3, 0.4) is 0 Å². The first-order chi connectivity index (χ1) is 16.2. The van der Waals surface area contributed by atoms with E-state index >= 15 is 0 Å². The number of ether oxygens (including phenoxy) is 1. The Balaban J connectivity index is 1.26. The minimum atomic E-state index is -0.181. The second kappa shape index (κ2) is 11.7. The van der Waals surface area contributed by atoms with Gasteiger partial charge in [-0.25, -0.2) is 4.79 Å². The highest BCUT2D eigenvalue weighted by atomic mass is 16.5. The zero-order chi connectivity index (χ0) is 22.9. The number of para-hydroxylation sites is 2. The van der Waals surface area contributed by atoms with Gasteiger partial charge in [-0.2, -0.15) is 0 Å². The first-order valence-corrected chi connectivity index (χ1v) is 11.7. The highest BCUT2D eigenvalue weighted by Gasteiger charge is 2.24. The van der Waals surface area contributed by atoms with Gasteiger partial charge in [0, 0.05) is 56.7 Å². The number of piperidine rings is 1. The molecule has 8 nitrogen and oxygen atoms in total. The molecule has 2 heterocycles. The van der Waals surface area contributed by atoms with Crippen molar-refractivity contribution in [1.82, 2.24) is 15.5 Å². The summed E-state index contributed by atoms with van der Waals surface area (Å²) in [5, 5.41) is 9.01. The fraction of sp³-hybridized carbons (Fsp3) is 0.440. The van der Waals surface area contributed by atoms with E-state index in [1.165, 1.54) is 0 Å². The molecule has 0 spiro atoms. The van der Waals surface area contributed by atoms with Gasteiger partial charge in [0.05, 0.1) is 18.8 Å². The number of nitrogens with zero attached hydrogens (tertiary/aromatic N) is 2. The van der Waals surface area contributed by atoms with E-state index in [0.717, 1.165) is 70.2 Å². The first-order valence-electron chi connectivity index (χ1n) is 11.7. The Bertz CT molecular complexity index is 909. The Morgan fingerprint density at radius 3 is 2.36 bits per heavy atom. The van der Waals surface area contributed by atoms with E-state index in [1.807, 2.05) is 54.6 Å². The smallest absolute Gasteiger partial charge is 0.319 e. The second-order valence-electron chi connectivity index (χ2n) is 8.45. The molecule has 2 aliphatic rings. The van der Waals surface area contributed by atoms with E-state index in [9.17, 15) is 9.59 Å². The van der Waals surface area contributed by atoms with Crippen molar-refractivity contribution in [1.29, 1.82) is 0 Å². The third-order valence-corrected chi connectivity index (χ3v) is 6.17. The molecule has 0 aromatic heterocycles. The quantitative estimate of drug-likeness (QED) is 0.602. The lowest BCUT2D eigenvalue weighted by atomic mass is 10.0. The van der Waals surface area contributed by atoms with Crippen LogP contribution >= 0.6 is 0 Å². The van der Waals surface area contributed by atoms with Gasteiger partial charge in [0.15, 0.2) is 0 Å². The lowest BCUT2D eigenvalue weighted by molar-refractivity contribution is 0.0383. The average molecular weight is 452 g/mol. The van der Waals surface area contributed by atoms with E-state index in [1.54, 1.807) is 0 Å². The number of amides is 3. The van der Waals surface area contributed by atoms with Gasteiger partial charge in [-0.15, -0.1) is 0 Å². The van der Waals surface area contributed by atoms with Gasteiger partial charge in [0.1, 0.15) is 0 Å². The van der Waals surface area contributed by atoms with Crippen LogP contribution in [0, 0.1) is 0 Å². The number of urea groups is 1. The lowest BCUT2D eigenvalue weighted by Crippen LogP contribution is -2.46. The fourth-order valence-corrected chi connectivity index (χ4v) is 4.33. The van der Waals surface area contributed by atoms with Crippen molar-refractivity contribution in [3.63, 3.8) is 0 Å². The molecule has 0 aliphatic carbocycles. The predicted molar refractivity (Wildman–Crippen MR) is 130 cm³/mol. The molecule has 2 aliphatic heterocycles. The minimum absolute atomic E-state index is 0.0404. The number of hydrogen-bond acceptors (Lipinski definition) is 5. The predicted octanol–water partition coefficient (Wildman–Crippen LogP) is 2.54. The van der Waals surface area contributed by atoms with Gasteiger partial charge in [-0.3, -0.25) is 9.69 Å². The van der Waals surface area contributed by atoms with E-state index in [2.05, 4.69) is 25.8 Å². The van der Waals surface area contributed by atoms with Gasteiger partial charge < -0.3 is 25.6 Å². The Morgan fingerprint density at radius 2 is 1.61 bits per heavy atom. The molecule has 4 rings (SSSR count). The average Bonchev–Trinajstić information content (AvgIpc) is 2.86. The third-order valence-electron chi connectivity index (χ3n) is 6.17. The lowest BCUT2D eigenvalue weighted by Gasteiger charge is -2.35. The Labute approximate surface area is 195 Å². The molecular formula is C25H33N5O3. The van der Waals surface area contributed by atoms with Gasteiger partial charge in [0.25, 0.3) is 5.91 Å². The number of hydrogen-bond donors (Lipinski definition) is 3. The van der Waals surface area contributed by atoms with Crippen molar-refractivity contribution in [3.8, 4) is 0 Å². The largest absolute Gasteiger partial charge is 0.379 e. The maximum absolute atomic E-state index is 12.9. The molecule has 0 bridgehead atoms. The van der Waals surface area contributed by atoms with Crippen LogP contribution in [0.5, 0.6) is 0 Å². The SMILES string of the molecule is O=C(Nc1ccccc1)NC1CCN(c2ccccc2C(=O)NCCN2CCOCC2)CC1. The van der Waals surface area contributed by atoms with Crippen LogP contribution in [0.25, 0.3) is 0 Å². The molecule has 0 radical (unpaired) electrons. The molecule has 2 saturated heterocycles. The summed E-state index contributed by atoms with van der Waals surface area (Å²) in [6.07, 6.45) is 1.66. The zero-order valence-electron chi connectivity index (χ0n) is 19.0. The van der Waals surface area contributed by atoms with Crippen LogP contribution in [0.4, 0.5) is 16.2 Å². The van der Waals surface area contributed by atoms with Crippen molar-refractivity contribution < 1.29 is 14.3 Å². The second-order valence-corrected chi connectivity index (χ2v) is 8.45. The summed E-state index contributed by atoms with van der Waals surface area (Å²) in [5.74, 6) is -0.0404. The Kier molecular flexibility index (Phi) is 8.16. The molecule has 8 heteroatoms. The molecule has 2 aromatic carbocycles. The molecule has 0 saturated carbocycles. The van der Waals surface area contributed by atoms with Gasteiger partial charge in [-0.05, 0) is 37.1 Å². The normalized spacial score (nSPS) is 17.4. The Morgan fingerprint density at radius 1 is 0.909 bits per heavy atom. The molecule has 0 unspecified atom stereocenters. The number of nitrogens with one attached hydrogen (secondary N) is 3. The van der Waals surface area contributed by atoms with Crippen LogP contribution in [-0.4, -0.2) is 75.4 Å². The number of carbonyl (C=O) groups is 2. The summed E-state index contributed by atoms with van der Waals surface area (Å²) in [7, 11) is 0. The fourth-order valence-electron chi connectivity index (χ4n) is 4.33. The molecule has 2 fully saturated rings. The van der Waals surface area contributed by atoms with Crippen LogP contribution in [0.15, 0.2) is 54.6 Å². The number of rotatable bonds is 7. The highest BCUT2D eigenvalue weighted by Crippen LogP contribution is 2.24. The van der Waals surface area contributed by atoms with Crippen LogP contribution in [0.1, 0.15) is 23.2 Å². The van der Waals surface area contributed by atoms with E-state index < -0.39 is 0 Å². The monoisotopic (exact) mass is 451 g/mol. The van der Waals surface area contributed by atoms with Gasteiger partial charge >= 0.3 is 6.03 Å². The summed E-state index contributed by atoms with van der Waals surface area (Å²) in [4.78, 5) is 29.7. The van der Waals surface area contributed by atoms with Crippen molar-refractivity contribution in [3.05, 3.63) is 60.2 Å². The molecule has 0 atom stereocenters. The summed E-state index contributed by atoms with van der Waals surface area (Å²) in [6.45, 7) is 6.38. The number of morpholine rings is 1. The first kappa shape index (κ1) is 23.1. The van der Waals surface area contributed by atoms with Gasteiger partial charge in [-0.1, -0.05) is 30.3 Å². The van der Waals surface area contributed by atoms with Crippen LogP contribution in [-0.2, 0) is 4.74 Å². The van der Waals surface area contributed by atoms with E-state index in [0.29, 0.717) is 12.1 Å². The van der Waals surface area contributed by atoms with E-state index in [-0.39, 0.29) is 18.0 Å². The summed E-state index contributed by atoms with van der Waals surface area (Å²) < 4.78 is 5.37. The molecule has 3 N–H and O–H groups in total. The number of benzene rings is 2. The van der Waals surface area contributed by atoms with Crippen molar-refractivity contribution in [2.45, 2.75) is 18.9 Å². The molecule has 3 amide bonds. The van der Waals surface area contributed by atoms with Crippen LogP contribution in [0.2, 0.25) is 0 Å². The van der Waals surface area contributed by atoms with Crippen molar-refractivity contribution in [2.75, 3.05) is 62.7 Å². The zero-order valence-corrected chi connectivity index (χ0v) is 19.0. The summed E-state index contributed by atoms with van der Waals surface area (Å²) >= 11 is 0. The topological polar surface area (TPSA) is 85.9 Å². The summed E-state index contributed by atoms with van der Waals surface area (Å²) in [5.41, 5.74) is 2.43.